The highest BCUT2D eigenvalue weighted by Gasteiger charge is 2.13. The van der Waals surface area contributed by atoms with Crippen LogP contribution in [0.15, 0.2) is 23.3 Å². The van der Waals surface area contributed by atoms with Gasteiger partial charge in [-0.05, 0) is 43.6 Å². The summed E-state index contributed by atoms with van der Waals surface area (Å²) in [6.45, 7) is 3.61. The zero-order chi connectivity index (χ0) is 17.0. The standard InChI is InChI=1S/C15H18N4O3S/c1-8(13-9(2)19-23-14(13)16)17-18-15(20)10-5-6-11(21-3)12(7-10)22-4/h5-7H,16H2,1-4H3,(H,18,20)/b17-8-. The molecule has 23 heavy (non-hydrogen) atoms. The van der Waals surface area contributed by atoms with Crippen LogP contribution in [0.1, 0.15) is 28.5 Å². The van der Waals surface area contributed by atoms with Gasteiger partial charge >= 0.3 is 0 Å². The Kier molecular flexibility index (Phi) is 5.17. The zero-order valence-corrected chi connectivity index (χ0v) is 14.2. The van der Waals surface area contributed by atoms with Gasteiger partial charge in [0.2, 0.25) is 0 Å². The molecule has 0 saturated heterocycles. The molecule has 0 aliphatic carbocycles. The number of carbonyl (C=O) groups is 1. The van der Waals surface area contributed by atoms with Crippen molar-refractivity contribution in [3.8, 4) is 11.5 Å². The van der Waals surface area contributed by atoms with Crippen LogP contribution >= 0.6 is 11.5 Å². The molecule has 0 unspecified atom stereocenters. The molecule has 2 rings (SSSR count). The number of hydrazone groups is 1. The number of rotatable bonds is 5. The van der Waals surface area contributed by atoms with Crippen molar-refractivity contribution in [2.45, 2.75) is 13.8 Å². The quantitative estimate of drug-likeness (QED) is 0.645. The smallest absolute Gasteiger partial charge is 0.271 e. The number of hydrogen-bond acceptors (Lipinski definition) is 7. The second-order valence-corrected chi connectivity index (χ2v) is 5.52. The van der Waals surface area contributed by atoms with Crippen LogP contribution in [0, 0.1) is 6.92 Å². The van der Waals surface area contributed by atoms with Gasteiger partial charge in [-0.25, -0.2) is 5.43 Å². The van der Waals surface area contributed by atoms with Crippen molar-refractivity contribution in [2.24, 2.45) is 5.10 Å². The highest BCUT2D eigenvalue weighted by atomic mass is 32.1. The Bertz CT molecular complexity index is 736. The summed E-state index contributed by atoms with van der Waals surface area (Å²) < 4.78 is 14.5. The van der Waals surface area contributed by atoms with E-state index >= 15 is 0 Å². The van der Waals surface area contributed by atoms with E-state index in [1.165, 1.54) is 25.8 Å². The number of carbonyl (C=O) groups excluding carboxylic acids is 1. The number of anilines is 1. The summed E-state index contributed by atoms with van der Waals surface area (Å²) in [6, 6.07) is 4.88. The molecule has 0 radical (unpaired) electrons. The lowest BCUT2D eigenvalue weighted by atomic mass is 10.2. The number of nitrogen functional groups attached to an aromatic ring is 1. The van der Waals surface area contributed by atoms with Gasteiger partial charge < -0.3 is 15.2 Å². The Morgan fingerprint density at radius 1 is 1.30 bits per heavy atom. The molecule has 0 saturated carbocycles. The van der Waals surface area contributed by atoms with Crippen LogP contribution in [0.5, 0.6) is 11.5 Å². The lowest BCUT2D eigenvalue weighted by molar-refractivity contribution is 0.0954. The molecule has 1 aromatic carbocycles. The molecule has 122 valence electrons. The largest absolute Gasteiger partial charge is 0.493 e. The van der Waals surface area contributed by atoms with Crippen molar-refractivity contribution >= 4 is 28.2 Å². The van der Waals surface area contributed by atoms with Crippen molar-refractivity contribution in [1.29, 1.82) is 0 Å². The normalized spacial score (nSPS) is 11.2. The molecular weight excluding hydrogens is 316 g/mol. The Labute approximate surface area is 138 Å². The molecule has 1 heterocycles. The summed E-state index contributed by atoms with van der Waals surface area (Å²) in [5, 5.41) is 4.67. The topological polar surface area (TPSA) is 98.8 Å². The first-order chi connectivity index (χ1) is 11.0. The van der Waals surface area contributed by atoms with Gasteiger partial charge in [-0.1, -0.05) is 0 Å². The van der Waals surface area contributed by atoms with E-state index in [4.69, 9.17) is 15.2 Å². The first-order valence-corrected chi connectivity index (χ1v) is 7.54. The summed E-state index contributed by atoms with van der Waals surface area (Å²) in [5.74, 6) is 0.671. The number of hydrogen-bond donors (Lipinski definition) is 2. The van der Waals surface area contributed by atoms with Crippen LogP contribution in [0.25, 0.3) is 0 Å². The molecule has 0 aliphatic rings. The van der Waals surface area contributed by atoms with Crippen LogP contribution in [0.4, 0.5) is 5.00 Å². The number of aromatic nitrogens is 1. The van der Waals surface area contributed by atoms with E-state index in [0.717, 1.165) is 11.3 Å². The van der Waals surface area contributed by atoms with E-state index < -0.39 is 0 Å². The Morgan fingerprint density at radius 3 is 2.57 bits per heavy atom. The van der Waals surface area contributed by atoms with Crippen molar-refractivity contribution < 1.29 is 14.3 Å². The van der Waals surface area contributed by atoms with Gasteiger partial charge in [-0.15, -0.1) is 0 Å². The van der Waals surface area contributed by atoms with Crippen molar-refractivity contribution in [2.75, 3.05) is 20.0 Å². The lowest BCUT2D eigenvalue weighted by Gasteiger charge is -2.09. The predicted molar refractivity (Wildman–Crippen MR) is 90.5 cm³/mol. The molecule has 0 atom stereocenters. The number of nitrogens with one attached hydrogen (secondary N) is 1. The number of aryl methyl sites for hydroxylation is 1. The number of methoxy groups -OCH3 is 2. The minimum atomic E-state index is -0.357. The molecule has 0 bridgehead atoms. The average molecular weight is 334 g/mol. The summed E-state index contributed by atoms with van der Waals surface area (Å²) in [5.41, 5.74) is 10.9. The number of amides is 1. The van der Waals surface area contributed by atoms with Crippen LogP contribution in [0.3, 0.4) is 0 Å². The Hall–Kier alpha value is -2.61. The van der Waals surface area contributed by atoms with Gasteiger partial charge in [0.05, 0.1) is 31.2 Å². The lowest BCUT2D eigenvalue weighted by Crippen LogP contribution is -2.19. The maximum Gasteiger partial charge on any atom is 0.271 e. The average Bonchev–Trinajstić information content (AvgIpc) is 2.90. The van der Waals surface area contributed by atoms with Gasteiger partial charge in [-0.3, -0.25) is 4.79 Å². The molecule has 0 fully saturated rings. The summed E-state index contributed by atoms with van der Waals surface area (Å²) >= 11 is 1.20. The highest BCUT2D eigenvalue weighted by molar-refractivity contribution is 7.10. The van der Waals surface area contributed by atoms with E-state index in [-0.39, 0.29) is 5.91 Å². The van der Waals surface area contributed by atoms with Crippen LogP contribution in [-0.4, -0.2) is 30.2 Å². The third kappa shape index (κ3) is 3.59. The molecule has 1 aromatic heterocycles. The SMILES string of the molecule is COc1ccc(C(=O)N/N=C(/C)c2c(C)nsc2N)cc1OC. The Morgan fingerprint density at radius 2 is 2.00 bits per heavy atom. The minimum absolute atomic E-state index is 0.357. The van der Waals surface area contributed by atoms with Gasteiger partial charge in [0.25, 0.3) is 5.91 Å². The number of nitrogens with two attached hydrogens (primary N) is 1. The van der Waals surface area contributed by atoms with E-state index in [0.29, 0.717) is 27.8 Å². The zero-order valence-electron chi connectivity index (χ0n) is 13.3. The first kappa shape index (κ1) is 16.8. The van der Waals surface area contributed by atoms with E-state index in [1.54, 1.807) is 25.1 Å². The first-order valence-electron chi connectivity index (χ1n) is 6.76. The number of nitrogens with zero attached hydrogens (tertiary/aromatic N) is 2. The molecule has 0 aliphatic heterocycles. The van der Waals surface area contributed by atoms with Gasteiger partial charge in [0.15, 0.2) is 11.5 Å². The molecule has 3 N–H and O–H groups in total. The molecular formula is C15H18N4O3S. The van der Waals surface area contributed by atoms with Gasteiger partial charge in [0, 0.05) is 5.56 Å². The summed E-state index contributed by atoms with van der Waals surface area (Å²) in [6.07, 6.45) is 0. The summed E-state index contributed by atoms with van der Waals surface area (Å²) in [7, 11) is 3.05. The number of benzene rings is 1. The highest BCUT2D eigenvalue weighted by Crippen LogP contribution is 2.27. The van der Waals surface area contributed by atoms with Gasteiger partial charge in [-0.2, -0.15) is 9.47 Å². The second-order valence-electron chi connectivity index (χ2n) is 4.72. The molecule has 8 heteroatoms. The second kappa shape index (κ2) is 7.10. The fourth-order valence-corrected chi connectivity index (χ4v) is 2.77. The Balaban J connectivity index is 2.18. The third-order valence-electron chi connectivity index (χ3n) is 3.22. The van der Waals surface area contributed by atoms with E-state index in [9.17, 15) is 4.79 Å². The molecule has 0 spiro atoms. The van der Waals surface area contributed by atoms with E-state index in [2.05, 4.69) is 14.9 Å². The maximum absolute atomic E-state index is 12.2. The maximum atomic E-state index is 12.2. The molecule has 2 aromatic rings. The monoisotopic (exact) mass is 334 g/mol. The molecule has 7 nitrogen and oxygen atoms in total. The van der Waals surface area contributed by atoms with Crippen molar-refractivity contribution in [1.82, 2.24) is 9.80 Å². The van der Waals surface area contributed by atoms with Gasteiger partial charge in [0.1, 0.15) is 5.00 Å². The summed E-state index contributed by atoms with van der Waals surface area (Å²) in [4.78, 5) is 12.2. The third-order valence-corrected chi connectivity index (χ3v) is 3.99. The van der Waals surface area contributed by atoms with E-state index in [1.807, 2.05) is 6.92 Å². The van der Waals surface area contributed by atoms with Crippen molar-refractivity contribution in [3.05, 3.63) is 35.0 Å². The fraction of sp³-hybridized carbons (Fsp3) is 0.267. The fourth-order valence-electron chi connectivity index (χ4n) is 2.06. The molecule has 1 amide bonds. The van der Waals surface area contributed by atoms with Crippen LogP contribution in [0.2, 0.25) is 0 Å². The number of ether oxygens (including phenoxy) is 2. The van der Waals surface area contributed by atoms with Crippen LogP contribution < -0.4 is 20.6 Å². The van der Waals surface area contributed by atoms with Crippen molar-refractivity contribution in [3.63, 3.8) is 0 Å². The minimum Gasteiger partial charge on any atom is -0.493 e. The van der Waals surface area contributed by atoms with Crippen LogP contribution in [-0.2, 0) is 0 Å². The predicted octanol–water partition coefficient (Wildman–Crippen LogP) is 2.20.